The van der Waals surface area contributed by atoms with Crippen molar-refractivity contribution in [2.75, 3.05) is 0 Å². The van der Waals surface area contributed by atoms with Gasteiger partial charge in [0, 0.05) is 5.70 Å². The van der Waals surface area contributed by atoms with E-state index in [0.29, 0.717) is 6.04 Å². The van der Waals surface area contributed by atoms with Crippen molar-refractivity contribution in [1.82, 2.24) is 5.32 Å². The molecule has 1 unspecified atom stereocenters. The summed E-state index contributed by atoms with van der Waals surface area (Å²) >= 11 is 0. The molecule has 2 fully saturated rings. The Morgan fingerprint density at radius 3 is 2.75 bits per heavy atom. The van der Waals surface area contributed by atoms with Gasteiger partial charge in [0.15, 0.2) is 0 Å². The van der Waals surface area contributed by atoms with E-state index in [1.54, 1.807) is 0 Å². The van der Waals surface area contributed by atoms with Gasteiger partial charge in [-0.25, -0.2) is 0 Å². The largest absolute Gasteiger partial charge is 0.381 e. The fraction of sp³-hybridized carbons (Fsp3) is 0.636. The minimum atomic E-state index is 0.547. The molecule has 1 aliphatic heterocycles. The summed E-state index contributed by atoms with van der Waals surface area (Å²) in [6.07, 6.45) is 13.3. The minimum absolute atomic E-state index is 0.547. The van der Waals surface area contributed by atoms with Gasteiger partial charge < -0.3 is 5.32 Å². The molecule has 1 nitrogen and oxygen atoms in total. The van der Waals surface area contributed by atoms with Crippen LogP contribution in [-0.2, 0) is 0 Å². The average Bonchev–Trinajstić information content (AvgIpc) is 2.98. The molecule has 0 bridgehead atoms. The van der Waals surface area contributed by atoms with Crippen LogP contribution in [0.5, 0.6) is 0 Å². The maximum atomic E-state index is 3.60. The molecule has 12 heavy (non-hydrogen) atoms. The van der Waals surface area contributed by atoms with Crippen LogP contribution in [0.3, 0.4) is 0 Å². The summed E-state index contributed by atoms with van der Waals surface area (Å²) in [5, 5.41) is 3.60. The fourth-order valence-electron chi connectivity index (χ4n) is 1.84. The van der Waals surface area contributed by atoms with Crippen molar-refractivity contribution in [2.24, 2.45) is 11.8 Å². The molecule has 0 amide bonds. The minimum Gasteiger partial charge on any atom is -0.381 e. The smallest absolute Gasteiger partial charge is 0.0542 e. The lowest BCUT2D eigenvalue weighted by atomic mass is 10.1. The van der Waals surface area contributed by atoms with Gasteiger partial charge >= 0.3 is 0 Å². The third-order valence-corrected chi connectivity index (χ3v) is 2.97. The van der Waals surface area contributed by atoms with Gasteiger partial charge in [-0.3, -0.25) is 0 Å². The van der Waals surface area contributed by atoms with Gasteiger partial charge in [-0.1, -0.05) is 6.08 Å². The molecule has 0 aromatic carbocycles. The number of allylic oxidation sites excluding steroid dienone is 3. The standard InChI is InChI=1S/C11H14N/c1-2-10(8-4-5-8)12-11(3-1)9-6-7-9/h1-2,8-9,11-12H,4-7H2. The van der Waals surface area contributed by atoms with Gasteiger partial charge in [0.25, 0.3) is 0 Å². The number of hydrogen-bond acceptors (Lipinski definition) is 1. The van der Waals surface area contributed by atoms with Crippen molar-refractivity contribution in [3.8, 4) is 0 Å². The topological polar surface area (TPSA) is 12.0 Å². The van der Waals surface area contributed by atoms with Crippen molar-refractivity contribution >= 4 is 0 Å². The Morgan fingerprint density at radius 1 is 1.25 bits per heavy atom. The molecule has 2 aliphatic carbocycles. The molecule has 1 N–H and O–H groups in total. The van der Waals surface area contributed by atoms with E-state index in [9.17, 15) is 0 Å². The van der Waals surface area contributed by atoms with Crippen LogP contribution < -0.4 is 5.32 Å². The lowest BCUT2D eigenvalue weighted by Crippen LogP contribution is -2.31. The predicted molar refractivity (Wildman–Crippen MR) is 48.3 cm³/mol. The molecule has 1 heterocycles. The summed E-state index contributed by atoms with van der Waals surface area (Å²) in [5.74, 6) is 1.76. The quantitative estimate of drug-likeness (QED) is 0.651. The maximum Gasteiger partial charge on any atom is 0.0542 e. The van der Waals surface area contributed by atoms with Crippen LogP contribution in [0.1, 0.15) is 25.7 Å². The van der Waals surface area contributed by atoms with Gasteiger partial charge in [0.05, 0.1) is 6.04 Å². The zero-order chi connectivity index (χ0) is 7.97. The summed E-state index contributed by atoms with van der Waals surface area (Å²) in [6.45, 7) is 0. The van der Waals surface area contributed by atoms with Crippen LogP contribution in [0.15, 0.2) is 17.8 Å². The van der Waals surface area contributed by atoms with Crippen molar-refractivity contribution in [3.63, 3.8) is 0 Å². The van der Waals surface area contributed by atoms with E-state index in [-0.39, 0.29) is 0 Å². The summed E-state index contributed by atoms with van der Waals surface area (Å²) in [7, 11) is 0. The first-order valence-corrected chi connectivity index (χ1v) is 4.99. The third-order valence-electron chi connectivity index (χ3n) is 2.97. The molecule has 0 aromatic rings. The number of rotatable bonds is 2. The van der Waals surface area contributed by atoms with E-state index < -0.39 is 0 Å². The Balaban J connectivity index is 1.71. The van der Waals surface area contributed by atoms with E-state index in [0.717, 1.165) is 11.8 Å². The summed E-state index contributed by atoms with van der Waals surface area (Å²) in [6, 6.07) is 0.547. The molecule has 1 atom stereocenters. The highest BCUT2D eigenvalue weighted by Gasteiger charge is 2.34. The number of nitrogens with one attached hydrogen (secondary N) is 1. The molecule has 0 spiro atoms. The van der Waals surface area contributed by atoms with Gasteiger partial charge in [0.1, 0.15) is 0 Å². The lowest BCUT2D eigenvalue weighted by molar-refractivity contribution is 0.559. The second kappa shape index (κ2) is 2.38. The predicted octanol–water partition coefficient (Wildman–Crippen LogP) is 2.02. The number of dihydropyridines is 1. The van der Waals surface area contributed by atoms with E-state index in [2.05, 4.69) is 23.5 Å². The molecule has 63 valence electrons. The first-order chi connectivity index (χ1) is 5.93. The zero-order valence-corrected chi connectivity index (χ0v) is 7.22. The molecule has 1 radical (unpaired) electrons. The van der Waals surface area contributed by atoms with Crippen molar-refractivity contribution in [1.29, 1.82) is 0 Å². The van der Waals surface area contributed by atoms with Gasteiger partial charge in [-0.15, -0.1) is 0 Å². The van der Waals surface area contributed by atoms with E-state index in [1.165, 1.54) is 31.4 Å². The van der Waals surface area contributed by atoms with Crippen molar-refractivity contribution in [2.45, 2.75) is 31.7 Å². The Morgan fingerprint density at radius 2 is 2.08 bits per heavy atom. The van der Waals surface area contributed by atoms with Crippen LogP contribution in [0.2, 0.25) is 0 Å². The van der Waals surface area contributed by atoms with Crippen molar-refractivity contribution < 1.29 is 0 Å². The molecule has 2 saturated carbocycles. The van der Waals surface area contributed by atoms with Crippen LogP contribution in [0, 0.1) is 17.9 Å². The normalized spacial score (nSPS) is 34.3. The lowest BCUT2D eigenvalue weighted by Gasteiger charge is -2.20. The highest BCUT2D eigenvalue weighted by molar-refractivity contribution is 5.23. The Labute approximate surface area is 73.5 Å². The number of hydrogen-bond donors (Lipinski definition) is 1. The third kappa shape index (κ3) is 1.17. The van der Waals surface area contributed by atoms with Gasteiger partial charge in [-0.05, 0) is 49.7 Å². The Hall–Kier alpha value is -0.720. The summed E-state index contributed by atoms with van der Waals surface area (Å²) in [5.41, 5.74) is 1.48. The highest BCUT2D eigenvalue weighted by atomic mass is 15.0. The molecular weight excluding hydrogens is 146 g/mol. The van der Waals surface area contributed by atoms with Gasteiger partial charge in [0.2, 0.25) is 0 Å². The van der Waals surface area contributed by atoms with E-state index >= 15 is 0 Å². The fourth-order valence-corrected chi connectivity index (χ4v) is 1.84. The molecule has 0 saturated heterocycles. The summed E-state index contributed by atoms with van der Waals surface area (Å²) in [4.78, 5) is 0. The highest BCUT2D eigenvalue weighted by Crippen LogP contribution is 2.39. The molecule has 0 aromatic heterocycles. The molecule has 1 heteroatoms. The van der Waals surface area contributed by atoms with Crippen LogP contribution >= 0.6 is 0 Å². The summed E-state index contributed by atoms with van der Waals surface area (Å²) < 4.78 is 0. The van der Waals surface area contributed by atoms with Crippen LogP contribution in [0.4, 0.5) is 0 Å². The molecular formula is C11H14N. The first-order valence-electron chi connectivity index (χ1n) is 4.99. The second-order valence-corrected chi connectivity index (χ2v) is 4.19. The Kier molecular flexibility index (Phi) is 1.34. The molecule has 3 rings (SSSR count). The SMILES string of the molecule is [C]1=CC=C(C2CC2)NC1C1CC1. The van der Waals surface area contributed by atoms with E-state index in [4.69, 9.17) is 0 Å². The van der Waals surface area contributed by atoms with Crippen LogP contribution in [-0.4, -0.2) is 6.04 Å². The molecule has 3 aliphatic rings. The van der Waals surface area contributed by atoms with Crippen LogP contribution in [0.25, 0.3) is 0 Å². The Bertz CT molecular complexity index is 244. The van der Waals surface area contributed by atoms with Crippen molar-refractivity contribution in [3.05, 3.63) is 23.9 Å². The first kappa shape index (κ1) is 6.76. The van der Waals surface area contributed by atoms with E-state index in [1.807, 2.05) is 0 Å². The maximum absolute atomic E-state index is 3.60. The van der Waals surface area contributed by atoms with Gasteiger partial charge in [-0.2, -0.15) is 0 Å². The monoisotopic (exact) mass is 160 g/mol. The second-order valence-electron chi connectivity index (χ2n) is 4.19. The average molecular weight is 160 g/mol. The zero-order valence-electron chi connectivity index (χ0n) is 7.22.